The quantitative estimate of drug-likeness (QED) is 0.0609. The van der Waals surface area contributed by atoms with E-state index in [1.165, 1.54) is 35.0 Å². The first-order chi connectivity index (χ1) is 30.2. The number of rotatable bonds is 19. The summed E-state index contributed by atoms with van der Waals surface area (Å²) >= 11 is 1.41. The van der Waals surface area contributed by atoms with E-state index >= 15 is 0 Å². The first-order valence-corrected chi connectivity index (χ1v) is 25.6. The number of carbonyl (C=O) groups excluding carboxylic acids is 1. The van der Waals surface area contributed by atoms with Crippen LogP contribution in [0.25, 0.3) is 0 Å². The fraction of sp³-hybridized carbons (Fsp3) is 0.533. The summed E-state index contributed by atoms with van der Waals surface area (Å²) < 4.78 is 123. The molecule has 64 heavy (non-hydrogen) atoms. The zero-order valence-corrected chi connectivity index (χ0v) is 38.6. The molecule has 1 aliphatic carbocycles. The van der Waals surface area contributed by atoms with Gasteiger partial charge in [0.25, 0.3) is 25.8 Å². The Morgan fingerprint density at radius 3 is 2.25 bits per heavy atom. The number of allylic oxidation sites excluding steroid dienone is 1. The number of aliphatic hydroxyl groups is 1. The van der Waals surface area contributed by atoms with Crippen LogP contribution in [0.5, 0.6) is 0 Å². The summed E-state index contributed by atoms with van der Waals surface area (Å²) in [7, 11) is -11.0. The van der Waals surface area contributed by atoms with E-state index in [9.17, 15) is 48.7 Å². The summed E-state index contributed by atoms with van der Waals surface area (Å²) in [6, 6.07) is 17.2. The van der Waals surface area contributed by atoms with Gasteiger partial charge >= 0.3 is 5.51 Å². The zero-order chi connectivity index (χ0) is 46.3. The number of sulfone groups is 1. The molecule has 3 aromatic rings. The maximum Gasteiger partial charge on any atom is 0.501 e. The number of hydrogen-bond donors (Lipinski definition) is 3. The number of hydrogen-bond acceptors (Lipinski definition) is 11. The van der Waals surface area contributed by atoms with Crippen molar-refractivity contribution in [3.8, 4) is 0 Å². The van der Waals surface area contributed by atoms with Crippen molar-refractivity contribution in [2.24, 2.45) is 5.41 Å². The van der Waals surface area contributed by atoms with Gasteiger partial charge in [-0.2, -0.15) is 13.2 Å². The highest BCUT2D eigenvalue weighted by molar-refractivity contribution is 7.99. The summed E-state index contributed by atoms with van der Waals surface area (Å²) in [4.78, 5) is 18.5. The second kappa shape index (κ2) is 21.3. The third kappa shape index (κ3) is 13.4. The molecular weight excluding hydrogens is 898 g/mol. The molecule has 0 saturated carbocycles. The molecule has 2 fully saturated rings. The Kier molecular flexibility index (Phi) is 16.5. The van der Waals surface area contributed by atoms with Gasteiger partial charge in [-0.3, -0.25) is 9.69 Å². The number of β-amino-alcohol motifs (C(OH)–C–C–N with tert-alkyl or cyclic N) is 1. The topological polar surface area (TPSA) is 139 Å². The smallest absolute Gasteiger partial charge is 0.392 e. The lowest BCUT2D eigenvalue weighted by Gasteiger charge is -2.39. The molecule has 0 bridgehead atoms. The van der Waals surface area contributed by atoms with E-state index in [1.54, 1.807) is 12.1 Å². The normalized spacial score (nSPS) is 19.6. The van der Waals surface area contributed by atoms with Crippen molar-refractivity contribution in [1.29, 1.82) is 0 Å². The van der Waals surface area contributed by atoms with Crippen LogP contribution in [-0.4, -0.2) is 120 Å². The Labute approximate surface area is 377 Å². The fourth-order valence-corrected chi connectivity index (χ4v) is 11.5. The second-order valence-corrected chi connectivity index (χ2v) is 22.4. The number of benzene rings is 3. The second-order valence-electron chi connectivity index (χ2n) is 17.7. The highest BCUT2D eigenvalue weighted by Crippen LogP contribution is 2.41. The molecule has 2 aliphatic heterocycles. The minimum atomic E-state index is -6.08. The number of aliphatic hydroxyl groups excluding tert-OH is 1. The number of alkyl halides is 5. The highest BCUT2D eigenvalue weighted by atomic mass is 32.2. The molecule has 0 spiro atoms. The van der Waals surface area contributed by atoms with Crippen molar-refractivity contribution in [2.45, 2.75) is 104 Å². The minimum absolute atomic E-state index is 0.0387. The van der Waals surface area contributed by atoms with Gasteiger partial charge in [-0.05, 0) is 105 Å². The van der Waals surface area contributed by atoms with Crippen LogP contribution in [0.1, 0.15) is 75.6 Å². The summed E-state index contributed by atoms with van der Waals surface area (Å²) in [5, 5.41) is 12.9. The van der Waals surface area contributed by atoms with E-state index < -0.39 is 65.3 Å². The monoisotopic (exact) mass is 955 g/mol. The number of anilines is 2. The Bertz CT molecular complexity index is 2310. The van der Waals surface area contributed by atoms with Crippen molar-refractivity contribution < 1.29 is 48.7 Å². The Balaban J connectivity index is 1.11. The van der Waals surface area contributed by atoms with E-state index in [1.807, 2.05) is 40.0 Å². The fourth-order valence-electron chi connectivity index (χ4n) is 8.50. The Hall–Kier alpha value is -3.75. The molecular formula is C45H58F5N5O6S3. The zero-order valence-electron chi connectivity index (χ0n) is 36.1. The van der Waals surface area contributed by atoms with Crippen LogP contribution in [0.4, 0.5) is 33.3 Å². The van der Waals surface area contributed by atoms with E-state index in [0.717, 1.165) is 61.6 Å². The third-order valence-electron chi connectivity index (χ3n) is 12.2. The molecule has 2 saturated heterocycles. The average Bonchev–Trinajstić information content (AvgIpc) is 3.67. The number of nitrogens with zero attached hydrogens (tertiary/aromatic N) is 3. The van der Waals surface area contributed by atoms with Crippen LogP contribution in [0.15, 0.2) is 98.6 Å². The molecule has 0 radical (unpaired) electrons. The lowest BCUT2D eigenvalue weighted by Crippen LogP contribution is -2.47. The molecule has 2 atom stereocenters. The van der Waals surface area contributed by atoms with E-state index in [-0.39, 0.29) is 17.4 Å². The predicted molar refractivity (Wildman–Crippen MR) is 240 cm³/mol. The van der Waals surface area contributed by atoms with Crippen LogP contribution in [-0.2, 0) is 19.9 Å². The number of likely N-dealkylation sites (tertiary alicyclic amines) is 1. The molecule has 0 aromatic heterocycles. The van der Waals surface area contributed by atoms with Gasteiger partial charge in [0, 0.05) is 86.7 Å². The lowest BCUT2D eigenvalue weighted by molar-refractivity contribution is -0.0436. The lowest BCUT2D eigenvalue weighted by atomic mass is 9.73. The van der Waals surface area contributed by atoms with Gasteiger partial charge in [0.2, 0.25) is 6.43 Å². The van der Waals surface area contributed by atoms with Gasteiger partial charge in [0.1, 0.15) is 4.90 Å². The maximum atomic E-state index is 14.1. The molecule has 11 nitrogen and oxygen atoms in total. The van der Waals surface area contributed by atoms with Crippen molar-refractivity contribution in [3.63, 3.8) is 0 Å². The molecule has 352 valence electrons. The molecule has 6 rings (SSSR count). The number of carbonyl (C=O) groups is 1. The van der Waals surface area contributed by atoms with Crippen LogP contribution in [0.3, 0.4) is 0 Å². The van der Waals surface area contributed by atoms with Gasteiger partial charge in [-0.1, -0.05) is 43.2 Å². The van der Waals surface area contributed by atoms with Crippen LogP contribution in [0.2, 0.25) is 0 Å². The average molecular weight is 956 g/mol. The number of nitrogens with one attached hydrogen (secondary N) is 2. The molecule has 19 heteroatoms. The van der Waals surface area contributed by atoms with Crippen LogP contribution < -0.4 is 14.9 Å². The third-order valence-corrected chi connectivity index (χ3v) is 16.2. The number of thioether (sulfide) groups is 1. The van der Waals surface area contributed by atoms with E-state index in [4.69, 9.17) is 0 Å². The van der Waals surface area contributed by atoms with Gasteiger partial charge in [-0.25, -0.2) is 30.3 Å². The summed E-state index contributed by atoms with van der Waals surface area (Å²) in [5.41, 5.74) is -2.64. The van der Waals surface area contributed by atoms with Crippen molar-refractivity contribution in [3.05, 3.63) is 89.5 Å². The van der Waals surface area contributed by atoms with Gasteiger partial charge in [0.05, 0.1) is 16.7 Å². The van der Waals surface area contributed by atoms with E-state index in [0.29, 0.717) is 70.2 Å². The van der Waals surface area contributed by atoms with Crippen LogP contribution >= 0.6 is 11.8 Å². The summed E-state index contributed by atoms with van der Waals surface area (Å²) in [6.45, 7) is 9.66. The standard InChI is InChI=1S/C45H58F5N5O6S3/c1-44(2)20-17-34(33(28-44)7-6-10-42(46)47)29-54-23-25-55(26-24-54)36-13-11-32(12-14-36)43(57)52-64(60,61)39-15-16-40(41(27-39)63(58,59)45(48,49)50)51-35(18-21-53-22-19-37(56)30-53)31-62-38-8-4-3-5-9-38/h3-5,8-9,11-16,27,35,37,42,51,56H,6-7,10,17-26,28-31H2,1-2H3,(H,52,57)/t35-,37?/m1/s1. The minimum Gasteiger partial charge on any atom is -0.392 e. The van der Waals surface area contributed by atoms with Crippen molar-refractivity contribution in [1.82, 2.24) is 14.5 Å². The maximum absolute atomic E-state index is 14.1. The van der Waals surface area contributed by atoms with Gasteiger partial charge in [-0.15, -0.1) is 11.8 Å². The molecule has 3 N–H and O–H groups in total. The number of sulfonamides is 1. The first kappa shape index (κ1) is 49.7. The molecule has 1 amide bonds. The largest absolute Gasteiger partial charge is 0.501 e. The number of amides is 1. The predicted octanol–water partition coefficient (Wildman–Crippen LogP) is 8.19. The molecule has 2 heterocycles. The first-order valence-electron chi connectivity index (χ1n) is 21.6. The van der Waals surface area contributed by atoms with E-state index in [2.05, 4.69) is 29.0 Å². The summed E-state index contributed by atoms with van der Waals surface area (Å²) in [6.07, 6.45) is 2.15. The SMILES string of the molecule is CC1(C)CCC(CN2CCN(c3ccc(C(=O)NS(=O)(=O)c4ccc(N[C@H](CCN5CCC(O)C5)CSc5ccccc5)c(S(=O)(=O)C(F)(F)F)c4)cc3)CC2)=C(CCCC(F)F)C1. The summed E-state index contributed by atoms with van der Waals surface area (Å²) in [5.74, 6) is -0.735. The van der Waals surface area contributed by atoms with Crippen molar-refractivity contribution >= 4 is 48.9 Å². The van der Waals surface area contributed by atoms with Crippen LogP contribution in [0, 0.1) is 5.41 Å². The Morgan fingerprint density at radius 2 is 1.61 bits per heavy atom. The van der Waals surface area contributed by atoms with Crippen molar-refractivity contribution in [2.75, 3.05) is 68.3 Å². The number of halogens is 5. The Morgan fingerprint density at radius 1 is 0.906 bits per heavy atom. The molecule has 3 aromatic carbocycles. The number of piperazine rings is 1. The van der Waals surface area contributed by atoms with Gasteiger partial charge < -0.3 is 20.2 Å². The van der Waals surface area contributed by atoms with Gasteiger partial charge in [0.15, 0.2) is 0 Å². The highest BCUT2D eigenvalue weighted by Gasteiger charge is 2.48. The molecule has 3 aliphatic rings. The molecule has 1 unspecified atom stereocenters.